The number of amides is 1. The van der Waals surface area contributed by atoms with Crippen LogP contribution in [-0.2, 0) is 69.0 Å². The Balaban J connectivity index is 0.000000169. The predicted octanol–water partition coefficient (Wildman–Crippen LogP) is 12.9. The van der Waals surface area contributed by atoms with Crippen LogP contribution in [0, 0.1) is 35.5 Å². The number of benzene rings is 6. The second-order valence-corrected chi connectivity index (χ2v) is 29.5. The molecular weight excluding hydrogens is 1250 g/mol. The van der Waals surface area contributed by atoms with Gasteiger partial charge in [-0.1, -0.05) is 167 Å². The molecule has 3 saturated carbocycles. The molecule has 6 aromatic carbocycles. The largest absolute Gasteiger partial charge is 0.508 e. The van der Waals surface area contributed by atoms with Crippen molar-refractivity contribution in [3.8, 4) is 17.2 Å². The topological polar surface area (TPSA) is 229 Å². The number of phenolic OH excluding ortho intramolecular Hbond substituents is 2. The number of carboxylic acids is 1. The third-order valence-electron chi connectivity index (χ3n) is 23.6. The van der Waals surface area contributed by atoms with Gasteiger partial charge in [-0.15, -0.1) is 0 Å². The van der Waals surface area contributed by atoms with Gasteiger partial charge in [0.2, 0.25) is 5.91 Å². The first kappa shape index (κ1) is 76.2. The van der Waals surface area contributed by atoms with E-state index in [-0.39, 0.29) is 76.5 Å². The third kappa shape index (κ3) is 18.9. The van der Waals surface area contributed by atoms with Crippen LogP contribution in [0.5, 0.6) is 17.2 Å². The molecule has 6 N–H and O–H groups in total. The van der Waals surface area contributed by atoms with Gasteiger partial charge in [-0.05, 0) is 198 Å². The number of carbonyl (C=O) groups is 6. The Morgan fingerprint density at radius 1 is 0.500 bits per heavy atom. The molecule has 1 amide bonds. The van der Waals surface area contributed by atoms with Crippen LogP contribution >= 0.6 is 0 Å². The molecule has 0 spiro atoms. The summed E-state index contributed by atoms with van der Waals surface area (Å²) in [6.45, 7) is 16.5. The van der Waals surface area contributed by atoms with Crippen molar-refractivity contribution < 1.29 is 53.6 Å². The number of carboxylic acid groups (broad SMARTS) is 1. The van der Waals surface area contributed by atoms with Gasteiger partial charge in [-0.25, -0.2) is 0 Å². The number of piperidine rings is 3. The number of rotatable bonds is 22. The van der Waals surface area contributed by atoms with Gasteiger partial charge in [0.15, 0.2) is 0 Å². The maximum absolute atomic E-state index is 13.1. The summed E-state index contributed by atoms with van der Waals surface area (Å²) in [5.41, 5.74) is 12.2. The molecule has 12 rings (SSSR count). The molecule has 3 heterocycles. The van der Waals surface area contributed by atoms with E-state index in [1.807, 2.05) is 103 Å². The molecule has 100 heavy (non-hydrogen) atoms. The Morgan fingerprint density at radius 2 is 0.870 bits per heavy atom. The van der Waals surface area contributed by atoms with Crippen molar-refractivity contribution in [3.63, 3.8) is 0 Å². The number of hydrogen-bond acceptors (Lipinski definition) is 14. The van der Waals surface area contributed by atoms with E-state index in [1.54, 1.807) is 12.1 Å². The number of ether oxygens (including phenoxy) is 2. The Kier molecular flexibility index (Phi) is 27.1. The molecular formula is C84H109N5O11. The molecule has 536 valence electrons. The Morgan fingerprint density at radius 3 is 1.24 bits per heavy atom. The minimum atomic E-state index is -0.706. The first-order valence-electron chi connectivity index (χ1n) is 36.6. The van der Waals surface area contributed by atoms with E-state index in [4.69, 9.17) is 15.2 Å². The molecule has 16 nitrogen and oxygen atoms in total. The number of nitrogens with zero attached hydrogens (tertiary/aromatic N) is 3. The fourth-order valence-electron chi connectivity index (χ4n) is 18.3. The quantitative estimate of drug-likeness (QED) is 0.0314. The van der Waals surface area contributed by atoms with Crippen LogP contribution in [0.3, 0.4) is 0 Å². The van der Waals surface area contributed by atoms with Crippen LogP contribution in [0.15, 0.2) is 164 Å². The predicted molar refractivity (Wildman–Crippen MR) is 392 cm³/mol. The van der Waals surface area contributed by atoms with Crippen LogP contribution in [0.2, 0.25) is 0 Å². The van der Waals surface area contributed by atoms with Gasteiger partial charge in [-0.3, -0.25) is 43.5 Å². The summed E-state index contributed by atoms with van der Waals surface area (Å²) in [5.74, 6) is 0.701. The lowest BCUT2D eigenvalue weighted by atomic mass is 9.57. The third-order valence-corrected chi connectivity index (χ3v) is 23.6. The number of carbonyl (C=O) groups excluding carboxylic acids is 5. The normalized spacial score (nSPS) is 25.6. The summed E-state index contributed by atoms with van der Waals surface area (Å²) in [4.78, 5) is 77.8. The van der Waals surface area contributed by atoms with E-state index in [2.05, 4.69) is 89.3 Å². The maximum Gasteiger partial charge on any atom is 0.310 e. The second-order valence-electron chi connectivity index (χ2n) is 29.5. The first-order chi connectivity index (χ1) is 48.1. The van der Waals surface area contributed by atoms with E-state index in [9.17, 15) is 44.1 Å². The highest BCUT2D eigenvalue weighted by molar-refractivity contribution is 5.86. The summed E-state index contributed by atoms with van der Waals surface area (Å²) >= 11 is 0. The number of aromatic hydroxyl groups is 2. The lowest BCUT2D eigenvalue weighted by Crippen LogP contribution is -2.59. The molecule has 0 radical (unpaired) electrons. The number of fused-ring (bicyclic) bond motifs is 6. The summed E-state index contributed by atoms with van der Waals surface area (Å²) < 4.78 is 10.6. The Bertz CT molecular complexity index is 3670. The van der Waals surface area contributed by atoms with Gasteiger partial charge >= 0.3 is 17.9 Å². The standard InChI is InChI=1S/C28H36N2O3.C28H35NO4.C25H31NO3.C3H7NO/c1-20(31)18-29-27(33)23(16-22-8-4-3-5-9-22)19-30-15-14-28(13-7-12-26(30)21(28)2)24-10-6-11-25(32)17-24;1-20-26-13-8-14-28(20,24-11-7-12-25(18-24)33-21(2)30)15-16-29(26)19-23(27(31)32-3)17-22-9-5-4-6-10-22;1-18-23-11-6-12-25(18,21-9-5-10-22(27)16-21)13-14-26(23)17-20(24(28)29)15-19-7-3-2-4-8-19;1-3(5)2-4/h3-6,8-11,17,21,23,26,32H,7,12-16,18-19H2,1-2H3,(H,29,33);4-7,9-12,18,20,23,26H,8,13-17,19H2,1-3H3;2-5,7-10,16,18,20,23,27H,6,11-15,17H2,1H3,(H,28,29);2,4H2,1H3/t21-,23-,26?,28?;20-,23-,26?,28?;18-,20-,23?,25?;/m000./s1. The van der Waals surface area contributed by atoms with Crippen molar-refractivity contribution >= 4 is 35.4 Å². The van der Waals surface area contributed by atoms with Crippen molar-refractivity contribution in [1.29, 1.82) is 0 Å². The van der Waals surface area contributed by atoms with Crippen molar-refractivity contribution in [2.75, 3.05) is 59.5 Å². The zero-order valence-corrected chi connectivity index (χ0v) is 60.1. The average molecular weight is 1360 g/mol. The van der Waals surface area contributed by atoms with Crippen LogP contribution in [0.25, 0.3) is 0 Å². The number of phenols is 2. The number of aliphatic carboxylic acids is 1. The lowest BCUT2D eigenvalue weighted by Gasteiger charge is -2.56. The van der Waals surface area contributed by atoms with Crippen LogP contribution < -0.4 is 15.8 Å². The lowest BCUT2D eigenvalue weighted by molar-refractivity contribution is -0.147. The smallest absolute Gasteiger partial charge is 0.310 e. The zero-order valence-electron chi connectivity index (χ0n) is 60.1. The number of nitrogens with one attached hydrogen (secondary N) is 1. The van der Waals surface area contributed by atoms with E-state index >= 15 is 0 Å². The number of nitrogens with two attached hydrogens (primary N) is 1. The Labute approximate surface area is 593 Å². The number of ketones is 2. The van der Waals surface area contributed by atoms with Gasteiger partial charge in [-0.2, -0.15) is 0 Å². The number of hydrogen-bond donors (Lipinski definition) is 5. The number of methoxy groups -OCH3 is 1. The highest BCUT2D eigenvalue weighted by Crippen LogP contribution is 2.54. The summed E-state index contributed by atoms with van der Waals surface area (Å²) in [5, 5.41) is 32.8. The highest BCUT2D eigenvalue weighted by atomic mass is 16.5. The fourth-order valence-corrected chi connectivity index (χ4v) is 18.3. The minimum Gasteiger partial charge on any atom is -0.508 e. The summed E-state index contributed by atoms with van der Waals surface area (Å²) in [6.07, 6.45) is 15.3. The highest BCUT2D eigenvalue weighted by Gasteiger charge is 2.53. The molecule has 3 aliphatic carbocycles. The maximum atomic E-state index is 13.1. The van der Waals surface area contributed by atoms with Crippen molar-refractivity contribution in [3.05, 3.63) is 197 Å². The average Bonchev–Trinajstić information content (AvgIpc) is 0.757. The van der Waals surface area contributed by atoms with E-state index in [0.29, 0.717) is 85.5 Å². The molecule has 6 aliphatic rings. The number of Topliss-reactive ketones (excluding diaryl/α,β-unsaturated/α-hetero) is 2. The molecule has 3 saturated heterocycles. The van der Waals surface area contributed by atoms with E-state index in [0.717, 1.165) is 114 Å². The first-order valence-corrected chi connectivity index (χ1v) is 36.6. The van der Waals surface area contributed by atoms with Crippen LogP contribution in [-0.4, -0.2) is 143 Å². The van der Waals surface area contributed by atoms with E-state index < -0.39 is 5.97 Å². The van der Waals surface area contributed by atoms with Gasteiger partial charge in [0, 0.05) is 60.9 Å². The van der Waals surface area contributed by atoms with Crippen LogP contribution in [0.1, 0.15) is 152 Å². The summed E-state index contributed by atoms with van der Waals surface area (Å²) in [6, 6.07) is 55.2. The van der Waals surface area contributed by atoms with Crippen molar-refractivity contribution in [2.24, 2.45) is 41.2 Å². The molecule has 3 aliphatic heterocycles. The molecule has 6 fully saturated rings. The molecule has 6 unspecified atom stereocenters. The monoisotopic (exact) mass is 1360 g/mol. The molecule has 16 heteroatoms. The SMILES string of the molecule is CC(=O)CN.CC(=O)CNC(=O)[C@@H](Cc1ccccc1)CN1CCC2(c3cccc(O)c3)CCCC1[C@@H]2C.COC(=O)[C@@H](Cc1ccccc1)CN1CCC2(c3cccc(OC(C)=O)c3)CCCC1[C@@H]2C.C[C@H]1C2CCCC1(c1cccc(O)c1)CCN2C[C@H](Cc1ccccc1)C(=O)O. The van der Waals surface area contributed by atoms with E-state index in [1.165, 1.54) is 50.1 Å². The molecule has 0 aromatic heterocycles. The van der Waals surface area contributed by atoms with Crippen LogP contribution in [0.4, 0.5) is 0 Å². The fraction of sp³-hybridized carbons (Fsp3) is 0.500. The van der Waals surface area contributed by atoms with Gasteiger partial charge < -0.3 is 35.8 Å². The molecule has 6 aromatic rings. The zero-order chi connectivity index (χ0) is 71.6. The van der Waals surface area contributed by atoms with Gasteiger partial charge in [0.25, 0.3) is 0 Å². The number of likely N-dealkylation sites (tertiary alicyclic amines) is 3. The minimum absolute atomic E-state index is 0.0309. The number of esters is 2. The Hall–Kier alpha value is -8.02. The summed E-state index contributed by atoms with van der Waals surface area (Å²) in [7, 11) is 1.49. The molecule has 6 bridgehead atoms. The van der Waals surface area contributed by atoms with Gasteiger partial charge in [0.1, 0.15) is 28.8 Å². The van der Waals surface area contributed by atoms with Crippen molar-refractivity contribution in [1.82, 2.24) is 20.0 Å². The second kappa shape index (κ2) is 35.5. The molecule has 12 atom stereocenters. The van der Waals surface area contributed by atoms with Gasteiger partial charge in [0.05, 0.1) is 38.0 Å². The van der Waals surface area contributed by atoms with Crippen molar-refractivity contribution in [2.45, 2.75) is 172 Å².